The number of carbonyl (C=O) groups is 1. The average molecular weight is 102 g/mol. The minimum absolute atomic E-state index is 0.148. The van der Waals surface area contributed by atoms with Gasteiger partial charge in [0.1, 0.15) is 12.4 Å². The highest BCUT2D eigenvalue weighted by atomic mass is 19.1. The number of hydrogen-bond donors (Lipinski definition) is 0. The molecule has 0 fully saturated rings. The molecule has 0 amide bonds. The van der Waals surface area contributed by atoms with Crippen molar-refractivity contribution in [3.05, 3.63) is 0 Å². The average Bonchev–Trinajstić information content (AvgIpc) is 1.65. The van der Waals surface area contributed by atoms with Crippen LogP contribution in [0, 0.1) is 0 Å². The molecule has 0 aromatic heterocycles. The molecular weight excluding hydrogens is 93.9 g/mol. The molecule has 0 saturated heterocycles. The van der Waals surface area contributed by atoms with Crippen molar-refractivity contribution in [1.82, 2.24) is 0 Å². The van der Waals surface area contributed by atoms with E-state index >= 15 is 0 Å². The largest absolute Gasteiger partial charge is 0.308 e. The van der Waals surface area contributed by atoms with Crippen LogP contribution < -0.4 is 0 Å². The Morgan fingerprint density at radius 2 is 2.14 bits per heavy atom. The van der Waals surface area contributed by atoms with E-state index in [1.54, 1.807) is 13.6 Å². The molecule has 0 bridgehead atoms. The fourth-order valence-corrected chi connectivity index (χ4v) is 0.154. The zero-order chi connectivity index (χ0) is 5.86. The fourth-order valence-electron chi connectivity index (χ4n) is 0.154. The Kier molecular flexibility index (Phi) is 2.64. The zero-order valence-corrected chi connectivity index (χ0v) is 4.57. The van der Waals surface area contributed by atoms with Gasteiger partial charge in [0.05, 0.1) is 0 Å². The predicted octanol–water partition coefficient (Wildman–Crippen LogP) is 0.819. The first-order chi connectivity index (χ1) is 3.18. The molecule has 0 aromatic rings. The summed E-state index contributed by atoms with van der Waals surface area (Å²) in [5, 5.41) is 0. The Labute approximate surface area is 43.0 Å². The lowest BCUT2D eigenvalue weighted by atomic mass is 9.51. The van der Waals surface area contributed by atoms with E-state index in [1.807, 2.05) is 0 Å². The summed E-state index contributed by atoms with van der Waals surface area (Å²) in [4.78, 5) is 10.1. The Morgan fingerprint density at radius 1 is 1.71 bits per heavy atom. The molecular formula is C4H8BFO. The van der Waals surface area contributed by atoms with Crippen molar-refractivity contribution in [1.29, 1.82) is 0 Å². The van der Waals surface area contributed by atoms with Gasteiger partial charge in [-0.15, -0.1) is 0 Å². The fraction of sp³-hybridized carbons (Fsp3) is 0.750. The Bertz CT molecular complexity index is 72.1. The van der Waals surface area contributed by atoms with Gasteiger partial charge in [-0.1, -0.05) is 13.6 Å². The van der Waals surface area contributed by atoms with Crippen LogP contribution in [-0.4, -0.2) is 19.1 Å². The van der Waals surface area contributed by atoms with Gasteiger partial charge >= 0.3 is 0 Å². The molecule has 0 spiro atoms. The first-order valence-corrected chi connectivity index (χ1v) is 2.27. The molecule has 0 unspecified atom stereocenters. The van der Waals surface area contributed by atoms with Crippen LogP contribution in [0.15, 0.2) is 0 Å². The molecule has 0 aliphatic rings. The van der Waals surface area contributed by atoms with Crippen molar-refractivity contribution in [2.24, 2.45) is 0 Å². The summed E-state index contributed by atoms with van der Waals surface area (Å²) in [5.41, 5.74) is -0.319. The smallest absolute Gasteiger partial charge is 0.220 e. The molecule has 3 heteroatoms. The minimum atomic E-state index is -0.822. The molecule has 40 valence electrons. The third kappa shape index (κ3) is 2.37. The highest BCUT2D eigenvalue weighted by Gasteiger charge is 2.08. The van der Waals surface area contributed by atoms with Crippen LogP contribution in [0.5, 0.6) is 0 Å². The Hall–Kier alpha value is -0.335. The van der Waals surface area contributed by atoms with Gasteiger partial charge < -0.3 is 4.79 Å². The van der Waals surface area contributed by atoms with Crippen molar-refractivity contribution < 1.29 is 9.18 Å². The van der Waals surface area contributed by atoms with Crippen molar-refractivity contribution in [2.75, 3.05) is 6.67 Å². The van der Waals surface area contributed by atoms with Gasteiger partial charge in [0, 0.05) is 0 Å². The lowest BCUT2D eigenvalue weighted by Crippen LogP contribution is -2.18. The highest BCUT2D eigenvalue weighted by molar-refractivity contribution is 6.88. The summed E-state index contributed by atoms with van der Waals surface area (Å²) in [5.74, 6) is 0. The molecule has 0 aromatic carbocycles. The molecule has 0 radical (unpaired) electrons. The monoisotopic (exact) mass is 102 g/mol. The maximum absolute atomic E-state index is 11.3. The second kappa shape index (κ2) is 2.78. The van der Waals surface area contributed by atoms with Crippen molar-refractivity contribution in [2.45, 2.75) is 13.6 Å². The number of rotatable bonds is 2. The third-order valence-corrected chi connectivity index (χ3v) is 0.776. The number of alkyl halides is 1. The van der Waals surface area contributed by atoms with E-state index < -0.39 is 6.67 Å². The first-order valence-electron chi connectivity index (χ1n) is 2.27. The molecule has 0 N–H and O–H groups in total. The summed E-state index contributed by atoms with van der Waals surface area (Å²) in [6.45, 7) is 2.39. The number of halogens is 1. The van der Waals surface area contributed by atoms with E-state index in [0.29, 0.717) is 0 Å². The lowest BCUT2D eigenvalue weighted by molar-refractivity contribution is -0.113. The molecule has 0 saturated carbocycles. The summed E-state index contributed by atoms with van der Waals surface area (Å²) in [7, 11) is 0. The van der Waals surface area contributed by atoms with E-state index in [2.05, 4.69) is 0 Å². The van der Waals surface area contributed by atoms with Gasteiger partial charge in [0.15, 0.2) is 0 Å². The van der Waals surface area contributed by atoms with E-state index in [0.717, 1.165) is 0 Å². The van der Waals surface area contributed by atoms with Crippen LogP contribution in [0.25, 0.3) is 0 Å². The van der Waals surface area contributed by atoms with Crippen molar-refractivity contribution in [3.8, 4) is 0 Å². The number of carbonyl (C=O) groups excluding carboxylic acids is 1. The van der Waals surface area contributed by atoms with Gasteiger partial charge in [-0.2, -0.15) is 0 Å². The van der Waals surface area contributed by atoms with Crippen LogP contribution in [0.2, 0.25) is 13.6 Å². The first kappa shape index (κ1) is 6.66. The standard InChI is InChI=1S/C4H8BFO/c1-5(2)4(7)3-6/h3H2,1-2H3. The van der Waals surface area contributed by atoms with E-state index in [-0.39, 0.29) is 12.4 Å². The molecule has 0 aliphatic heterocycles. The lowest BCUT2D eigenvalue weighted by Gasteiger charge is -1.89. The molecule has 7 heavy (non-hydrogen) atoms. The van der Waals surface area contributed by atoms with Gasteiger partial charge in [0.2, 0.25) is 6.71 Å². The van der Waals surface area contributed by atoms with Gasteiger partial charge in [-0.25, -0.2) is 4.39 Å². The van der Waals surface area contributed by atoms with Crippen molar-refractivity contribution >= 4 is 12.4 Å². The summed E-state index contributed by atoms with van der Waals surface area (Å²) in [6, 6.07) is 0. The molecule has 0 aliphatic carbocycles. The SMILES string of the molecule is CB(C)C(=O)CF. The normalized spacial score (nSPS) is 8.43. The summed E-state index contributed by atoms with van der Waals surface area (Å²) < 4.78 is 11.3. The second-order valence-corrected chi connectivity index (χ2v) is 1.75. The van der Waals surface area contributed by atoms with Crippen LogP contribution in [-0.2, 0) is 4.79 Å². The molecule has 1 nitrogen and oxygen atoms in total. The molecule has 0 atom stereocenters. The zero-order valence-electron chi connectivity index (χ0n) is 4.57. The number of hydrogen-bond acceptors (Lipinski definition) is 1. The van der Waals surface area contributed by atoms with Gasteiger partial charge in [-0.3, -0.25) is 0 Å². The van der Waals surface area contributed by atoms with Crippen LogP contribution in [0.3, 0.4) is 0 Å². The van der Waals surface area contributed by atoms with E-state index in [1.165, 1.54) is 0 Å². The van der Waals surface area contributed by atoms with Gasteiger partial charge in [-0.05, 0) is 0 Å². The van der Waals surface area contributed by atoms with E-state index in [9.17, 15) is 9.18 Å². The topological polar surface area (TPSA) is 17.1 Å². The minimum Gasteiger partial charge on any atom is -0.308 e. The Balaban J connectivity index is 3.35. The maximum Gasteiger partial charge on any atom is 0.220 e. The van der Waals surface area contributed by atoms with Crippen LogP contribution >= 0.6 is 0 Å². The molecule has 0 rings (SSSR count). The second-order valence-electron chi connectivity index (χ2n) is 1.75. The van der Waals surface area contributed by atoms with Crippen LogP contribution in [0.4, 0.5) is 4.39 Å². The quantitative estimate of drug-likeness (QED) is 0.471. The Morgan fingerprint density at radius 3 is 2.14 bits per heavy atom. The predicted molar refractivity (Wildman–Crippen MR) is 28.5 cm³/mol. The highest BCUT2D eigenvalue weighted by Crippen LogP contribution is 1.81. The maximum atomic E-state index is 11.3. The van der Waals surface area contributed by atoms with E-state index in [4.69, 9.17) is 0 Å². The summed E-state index contributed by atoms with van der Waals surface area (Å²) >= 11 is 0. The summed E-state index contributed by atoms with van der Waals surface area (Å²) in [6.07, 6.45) is 0. The molecule has 0 heterocycles. The van der Waals surface area contributed by atoms with Gasteiger partial charge in [0.25, 0.3) is 0 Å². The van der Waals surface area contributed by atoms with Crippen LogP contribution in [0.1, 0.15) is 0 Å². The third-order valence-electron chi connectivity index (χ3n) is 0.776. The van der Waals surface area contributed by atoms with Crippen molar-refractivity contribution in [3.63, 3.8) is 0 Å².